The Hall–Kier alpha value is -1.55. The zero-order valence-electron chi connectivity index (χ0n) is 8.44. The Morgan fingerprint density at radius 3 is 2.33 bits per heavy atom. The molecule has 0 bridgehead atoms. The lowest BCUT2D eigenvalue weighted by Crippen LogP contribution is -2.22. The van der Waals surface area contributed by atoms with Gasteiger partial charge >= 0.3 is 6.09 Å². The second-order valence-electron chi connectivity index (χ2n) is 3.31. The third-order valence-electron chi connectivity index (χ3n) is 2.12. The lowest BCUT2D eigenvalue weighted by Gasteiger charge is -2.02. The molecule has 1 aromatic carbocycles. The van der Waals surface area contributed by atoms with Crippen LogP contribution in [0.3, 0.4) is 0 Å². The molecule has 0 radical (unpaired) electrons. The number of rotatable bonds is 5. The maximum atomic E-state index is 10.2. The molecule has 3 N–H and O–H groups in total. The van der Waals surface area contributed by atoms with Crippen molar-refractivity contribution >= 4 is 6.09 Å². The van der Waals surface area contributed by atoms with Crippen LogP contribution < -0.4 is 5.32 Å². The largest absolute Gasteiger partial charge is 0.465 e. The molecule has 0 atom stereocenters. The summed E-state index contributed by atoms with van der Waals surface area (Å²) in [5.74, 6) is 0. The summed E-state index contributed by atoms with van der Waals surface area (Å²) in [7, 11) is 0. The number of amides is 1. The van der Waals surface area contributed by atoms with Crippen LogP contribution in [0, 0.1) is 0 Å². The predicted octanol–water partition coefficient (Wildman–Crippen LogP) is 1.38. The standard InChI is InChI=1S/C11H15NO3/c13-8-10-5-3-9(4-6-10)2-1-7-12-11(14)15/h3-6,12-13H,1-2,7-8H2,(H,14,15). The lowest BCUT2D eigenvalue weighted by molar-refractivity contribution is 0.194. The van der Waals surface area contributed by atoms with Crippen molar-refractivity contribution in [3.63, 3.8) is 0 Å². The van der Waals surface area contributed by atoms with Crippen LogP contribution in [-0.4, -0.2) is 22.9 Å². The minimum Gasteiger partial charge on any atom is -0.465 e. The molecule has 0 aliphatic carbocycles. The summed E-state index contributed by atoms with van der Waals surface area (Å²) >= 11 is 0. The normalized spacial score (nSPS) is 9.93. The molecular weight excluding hydrogens is 194 g/mol. The second kappa shape index (κ2) is 6.03. The molecule has 0 unspecified atom stereocenters. The third-order valence-corrected chi connectivity index (χ3v) is 2.12. The fourth-order valence-electron chi connectivity index (χ4n) is 1.30. The van der Waals surface area contributed by atoms with Gasteiger partial charge in [-0.25, -0.2) is 4.79 Å². The molecule has 0 aromatic heterocycles. The van der Waals surface area contributed by atoms with Gasteiger partial charge in [-0.1, -0.05) is 24.3 Å². The van der Waals surface area contributed by atoms with Gasteiger partial charge in [-0.05, 0) is 24.0 Å². The number of aliphatic hydroxyl groups excluding tert-OH is 1. The molecule has 0 saturated heterocycles. The summed E-state index contributed by atoms with van der Waals surface area (Å²) in [5.41, 5.74) is 2.04. The van der Waals surface area contributed by atoms with Crippen LogP contribution in [-0.2, 0) is 13.0 Å². The summed E-state index contributed by atoms with van der Waals surface area (Å²) in [6.45, 7) is 0.526. The monoisotopic (exact) mass is 209 g/mol. The van der Waals surface area contributed by atoms with Gasteiger partial charge in [0.15, 0.2) is 0 Å². The fourth-order valence-corrected chi connectivity index (χ4v) is 1.30. The molecule has 0 aliphatic heterocycles. The zero-order chi connectivity index (χ0) is 11.1. The number of nitrogens with one attached hydrogen (secondary N) is 1. The minimum atomic E-state index is -0.981. The maximum absolute atomic E-state index is 10.2. The number of hydrogen-bond donors (Lipinski definition) is 3. The van der Waals surface area contributed by atoms with E-state index in [0.29, 0.717) is 6.54 Å². The first-order valence-corrected chi connectivity index (χ1v) is 4.88. The highest BCUT2D eigenvalue weighted by Crippen LogP contribution is 2.06. The average Bonchev–Trinajstić information content (AvgIpc) is 2.25. The van der Waals surface area contributed by atoms with Crippen molar-refractivity contribution in [3.8, 4) is 0 Å². The van der Waals surface area contributed by atoms with Gasteiger partial charge in [-0.3, -0.25) is 0 Å². The molecule has 0 spiro atoms. The van der Waals surface area contributed by atoms with E-state index in [-0.39, 0.29) is 6.61 Å². The Kier molecular flexibility index (Phi) is 4.63. The molecule has 4 nitrogen and oxygen atoms in total. The average molecular weight is 209 g/mol. The van der Waals surface area contributed by atoms with Gasteiger partial charge in [0, 0.05) is 6.54 Å². The lowest BCUT2D eigenvalue weighted by atomic mass is 10.1. The number of carbonyl (C=O) groups is 1. The number of benzene rings is 1. The van der Waals surface area contributed by atoms with E-state index in [1.54, 1.807) is 0 Å². The number of hydrogen-bond acceptors (Lipinski definition) is 2. The second-order valence-corrected chi connectivity index (χ2v) is 3.31. The third kappa shape index (κ3) is 4.46. The smallest absolute Gasteiger partial charge is 0.404 e. The highest BCUT2D eigenvalue weighted by molar-refractivity contribution is 5.64. The summed E-state index contributed by atoms with van der Waals surface area (Å²) in [4.78, 5) is 10.2. The van der Waals surface area contributed by atoms with Crippen molar-refractivity contribution in [2.24, 2.45) is 0 Å². The van der Waals surface area contributed by atoms with E-state index in [4.69, 9.17) is 10.2 Å². The van der Waals surface area contributed by atoms with Gasteiger partial charge < -0.3 is 15.5 Å². The first-order chi connectivity index (χ1) is 7.22. The van der Waals surface area contributed by atoms with Gasteiger partial charge in [0.1, 0.15) is 0 Å². The Morgan fingerprint density at radius 2 is 1.80 bits per heavy atom. The molecule has 1 rings (SSSR count). The zero-order valence-corrected chi connectivity index (χ0v) is 8.44. The molecule has 15 heavy (non-hydrogen) atoms. The van der Waals surface area contributed by atoms with E-state index < -0.39 is 6.09 Å². The highest BCUT2D eigenvalue weighted by atomic mass is 16.4. The molecular formula is C11H15NO3. The van der Waals surface area contributed by atoms with E-state index in [2.05, 4.69) is 5.32 Å². The van der Waals surface area contributed by atoms with Crippen molar-refractivity contribution in [2.45, 2.75) is 19.4 Å². The first-order valence-electron chi connectivity index (χ1n) is 4.88. The molecule has 0 heterocycles. The van der Waals surface area contributed by atoms with Crippen molar-refractivity contribution in [1.29, 1.82) is 0 Å². The van der Waals surface area contributed by atoms with E-state index >= 15 is 0 Å². The molecule has 0 fully saturated rings. The summed E-state index contributed by atoms with van der Waals surface area (Å²) in [5, 5.41) is 19.5. The van der Waals surface area contributed by atoms with Crippen molar-refractivity contribution in [3.05, 3.63) is 35.4 Å². The Balaban J connectivity index is 2.28. The van der Waals surface area contributed by atoms with Crippen LogP contribution >= 0.6 is 0 Å². The van der Waals surface area contributed by atoms with E-state index in [0.717, 1.165) is 24.0 Å². The van der Waals surface area contributed by atoms with Crippen LogP contribution in [0.25, 0.3) is 0 Å². The number of aliphatic hydroxyl groups is 1. The Labute approximate surface area is 88.6 Å². The van der Waals surface area contributed by atoms with E-state index in [1.807, 2.05) is 24.3 Å². The quantitative estimate of drug-likeness (QED) is 0.642. The maximum Gasteiger partial charge on any atom is 0.404 e. The van der Waals surface area contributed by atoms with Gasteiger partial charge in [-0.15, -0.1) is 0 Å². The van der Waals surface area contributed by atoms with Crippen molar-refractivity contribution < 1.29 is 15.0 Å². The molecule has 0 saturated carbocycles. The Bertz CT molecular complexity index is 308. The summed E-state index contributed by atoms with van der Waals surface area (Å²) in [6.07, 6.45) is 0.641. The highest BCUT2D eigenvalue weighted by Gasteiger charge is 1.96. The SMILES string of the molecule is O=C(O)NCCCc1ccc(CO)cc1. The summed E-state index contributed by atoms with van der Waals surface area (Å²) < 4.78 is 0. The van der Waals surface area contributed by atoms with Crippen LogP contribution in [0.2, 0.25) is 0 Å². The van der Waals surface area contributed by atoms with Gasteiger partial charge in [0.05, 0.1) is 6.61 Å². The molecule has 1 amide bonds. The number of carboxylic acid groups (broad SMARTS) is 1. The van der Waals surface area contributed by atoms with Gasteiger partial charge in [0.2, 0.25) is 0 Å². The van der Waals surface area contributed by atoms with Crippen LogP contribution in [0.1, 0.15) is 17.5 Å². The van der Waals surface area contributed by atoms with E-state index in [1.165, 1.54) is 0 Å². The minimum absolute atomic E-state index is 0.0564. The first kappa shape index (κ1) is 11.5. The van der Waals surface area contributed by atoms with Gasteiger partial charge in [0.25, 0.3) is 0 Å². The van der Waals surface area contributed by atoms with Crippen LogP contribution in [0.15, 0.2) is 24.3 Å². The molecule has 0 aliphatic rings. The van der Waals surface area contributed by atoms with Crippen LogP contribution in [0.4, 0.5) is 4.79 Å². The Morgan fingerprint density at radius 1 is 1.20 bits per heavy atom. The summed E-state index contributed by atoms with van der Waals surface area (Å²) in [6, 6.07) is 7.65. The predicted molar refractivity (Wildman–Crippen MR) is 56.7 cm³/mol. The molecule has 1 aromatic rings. The topological polar surface area (TPSA) is 69.6 Å². The van der Waals surface area contributed by atoms with Crippen molar-refractivity contribution in [1.82, 2.24) is 5.32 Å². The van der Waals surface area contributed by atoms with Gasteiger partial charge in [-0.2, -0.15) is 0 Å². The number of aryl methyl sites for hydroxylation is 1. The van der Waals surface area contributed by atoms with E-state index in [9.17, 15) is 4.79 Å². The molecule has 82 valence electrons. The van der Waals surface area contributed by atoms with Crippen LogP contribution in [0.5, 0.6) is 0 Å². The van der Waals surface area contributed by atoms with Crippen molar-refractivity contribution in [2.75, 3.05) is 6.54 Å². The molecule has 4 heteroatoms. The fraction of sp³-hybridized carbons (Fsp3) is 0.364.